The molecule has 1 aromatic carbocycles. The van der Waals surface area contributed by atoms with E-state index in [4.69, 9.17) is 23.7 Å². The molecular formula is C28H36O10. The fourth-order valence-corrected chi connectivity index (χ4v) is 7.19. The van der Waals surface area contributed by atoms with Gasteiger partial charge in [0.1, 0.15) is 29.3 Å². The van der Waals surface area contributed by atoms with Crippen molar-refractivity contribution in [1.82, 2.24) is 0 Å². The molecule has 2 aliphatic carbocycles. The predicted octanol–water partition coefficient (Wildman–Crippen LogP) is 2.59. The van der Waals surface area contributed by atoms with Gasteiger partial charge in [-0.15, -0.1) is 0 Å². The van der Waals surface area contributed by atoms with Crippen molar-refractivity contribution in [3.05, 3.63) is 35.9 Å². The zero-order chi connectivity index (χ0) is 28.0. The largest absolute Gasteiger partial charge is 0.459 e. The quantitative estimate of drug-likeness (QED) is 0.430. The van der Waals surface area contributed by atoms with E-state index >= 15 is 0 Å². The summed E-state index contributed by atoms with van der Waals surface area (Å²) in [5, 5.41) is 11.3. The topological polar surface area (TPSA) is 135 Å². The summed E-state index contributed by atoms with van der Waals surface area (Å²) in [6.45, 7) is 8.65. The second kappa shape index (κ2) is 9.96. The lowest BCUT2D eigenvalue weighted by Gasteiger charge is -2.63. The summed E-state index contributed by atoms with van der Waals surface area (Å²) in [7, 11) is 0. The van der Waals surface area contributed by atoms with Crippen molar-refractivity contribution in [1.29, 1.82) is 0 Å². The average molecular weight is 533 g/mol. The summed E-state index contributed by atoms with van der Waals surface area (Å²) in [4.78, 5) is 50.2. The number of ether oxygens (including phenoxy) is 5. The van der Waals surface area contributed by atoms with Crippen molar-refractivity contribution in [3.63, 3.8) is 0 Å². The molecule has 4 rings (SSSR count). The molecule has 1 aliphatic heterocycles. The van der Waals surface area contributed by atoms with Crippen LogP contribution in [0, 0.1) is 17.3 Å². The van der Waals surface area contributed by atoms with Crippen molar-refractivity contribution in [2.75, 3.05) is 6.61 Å². The van der Waals surface area contributed by atoms with Crippen LogP contribution >= 0.6 is 0 Å². The molecule has 1 N–H and O–H groups in total. The van der Waals surface area contributed by atoms with Crippen molar-refractivity contribution in [3.8, 4) is 0 Å². The molecule has 3 fully saturated rings. The fourth-order valence-electron chi connectivity index (χ4n) is 7.19. The summed E-state index contributed by atoms with van der Waals surface area (Å²) in [6.07, 6.45) is -3.78. The second-order valence-electron chi connectivity index (χ2n) is 11.1. The molecule has 10 nitrogen and oxygen atoms in total. The molecule has 1 spiro atoms. The average Bonchev–Trinajstić information content (AvgIpc) is 2.98. The number of rotatable bonds is 6. The number of aliphatic hydroxyl groups excluding tert-OH is 1. The maximum Gasteiger partial charge on any atom is 0.338 e. The Morgan fingerprint density at radius 3 is 2.03 bits per heavy atom. The monoisotopic (exact) mass is 532 g/mol. The minimum atomic E-state index is -1.63. The first-order valence-corrected chi connectivity index (χ1v) is 12.9. The van der Waals surface area contributed by atoms with E-state index in [1.54, 1.807) is 30.3 Å². The summed E-state index contributed by atoms with van der Waals surface area (Å²) in [5.74, 6) is -3.33. The second-order valence-corrected chi connectivity index (χ2v) is 11.1. The van der Waals surface area contributed by atoms with Gasteiger partial charge in [-0.1, -0.05) is 25.1 Å². The number of hydrogen-bond donors (Lipinski definition) is 1. The first-order chi connectivity index (χ1) is 17.8. The number of carbonyl (C=O) groups is 4. The van der Waals surface area contributed by atoms with Crippen molar-refractivity contribution in [2.24, 2.45) is 17.3 Å². The van der Waals surface area contributed by atoms with Crippen molar-refractivity contribution in [2.45, 2.75) is 90.0 Å². The molecule has 2 saturated carbocycles. The van der Waals surface area contributed by atoms with Crippen LogP contribution in [0.4, 0.5) is 0 Å². The molecule has 3 aliphatic rings. The Balaban J connectivity index is 1.95. The molecule has 0 aromatic heterocycles. The van der Waals surface area contributed by atoms with E-state index in [1.165, 1.54) is 20.8 Å². The van der Waals surface area contributed by atoms with Crippen LogP contribution in [0.3, 0.4) is 0 Å². The van der Waals surface area contributed by atoms with Gasteiger partial charge in [-0.3, -0.25) is 14.4 Å². The van der Waals surface area contributed by atoms with E-state index in [-0.39, 0.29) is 12.8 Å². The van der Waals surface area contributed by atoms with E-state index in [0.29, 0.717) is 5.56 Å². The highest BCUT2D eigenvalue weighted by molar-refractivity contribution is 5.89. The van der Waals surface area contributed by atoms with E-state index < -0.39 is 83.4 Å². The molecule has 1 heterocycles. The molecule has 8 unspecified atom stereocenters. The number of fused-ring (bicyclic) bond motifs is 1. The molecule has 1 saturated heterocycles. The molecule has 38 heavy (non-hydrogen) atoms. The number of aliphatic hydroxyl groups is 1. The Morgan fingerprint density at radius 2 is 1.47 bits per heavy atom. The number of esters is 4. The summed E-state index contributed by atoms with van der Waals surface area (Å²) >= 11 is 0. The molecule has 0 radical (unpaired) electrons. The van der Waals surface area contributed by atoms with Gasteiger partial charge in [-0.25, -0.2) is 4.79 Å². The third-order valence-corrected chi connectivity index (χ3v) is 8.47. The van der Waals surface area contributed by atoms with Crippen LogP contribution < -0.4 is 0 Å². The molecule has 8 atom stereocenters. The zero-order valence-electron chi connectivity index (χ0n) is 22.6. The SMILES string of the molecule is CC(=O)OC1CC(C)C23OC(C)(C)C(CC(OC(=O)c4ccccc4)C2(CO)C1OC(C)=O)C3OC(C)=O. The van der Waals surface area contributed by atoms with Gasteiger partial charge in [0.25, 0.3) is 0 Å². The van der Waals surface area contributed by atoms with Gasteiger partial charge in [-0.05, 0) is 44.7 Å². The van der Waals surface area contributed by atoms with Gasteiger partial charge < -0.3 is 28.8 Å². The third kappa shape index (κ3) is 4.27. The Labute approximate surface area is 221 Å². The molecule has 1 aromatic rings. The Hall–Kier alpha value is -2.98. The first-order valence-electron chi connectivity index (χ1n) is 12.9. The molecule has 208 valence electrons. The Bertz CT molecular complexity index is 1100. The summed E-state index contributed by atoms with van der Waals surface area (Å²) < 4.78 is 30.3. The minimum absolute atomic E-state index is 0.142. The Kier molecular flexibility index (Phi) is 7.35. The number of carbonyl (C=O) groups excluding carboxylic acids is 4. The maximum absolute atomic E-state index is 13.3. The van der Waals surface area contributed by atoms with E-state index in [2.05, 4.69) is 0 Å². The van der Waals surface area contributed by atoms with E-state index in [0.717, 1.165) is 0 Å². The number of hydrogen-bond acceptors (Lipinski definition) is 10. The van der Waals surface area contributed by atoms with Crippen molar-refractivity contribution < 1.29 is 48.0 Å². The summed E-state index contributed by atoms with van der Waals surface area (Å²) in [6, 6.07) is 8.39. The molecular weight excluding hydrogens is 496 g/mol. The molecule has 2 bridgehead atoms. The van der Waals surface area contributed by atoms with Gasteiger partial charge >= 0.3 is 23.9 Å². The van der Waals surface area contributed by atoms with Crippen molar-refractivity contribution >= 4 is 23.9 Å². The smallest absolute Gasteiger partial charge is 0.338 e. The highest BCUT2D eigenvalue weighted by Gasteiger charge is 2.82. The van der Waals surface area contributed by atoms with E-state index in [9.17, 15) is 24.3 Å². The van der Waals surface area contributed by atoms with Gasteiger partial charge in [-0.2, -0.15) is 0 Å². The van der Waals surface area contributed by atoms with Crippen LogP contribution in [-0.2, 0) is 38.1 Å². The maximum atomic E-state index is 13.3. The normalized spacial score (nSPS) is 36.9. The number of benzene rings is 1. The van der Waals surface area contributed by atoms with Crippen LogP contribution in [0.5, 0.6) is 0 Å². The summed E-state index contributed by atoms with van der Waals surface area (Å²) in [5.41, 5.74) is -3.63. The lowest BCUT2D eigenvalue weighted by Crippen LogP contribution is -2.78. The molecule has 0 amide bonds. The lowest BCUT2D eigenvalue weighted by atomic mass is 9.48. The lowest BCUT2D eigenvalue weighted by molar-refractivity contribution is -0.318. The fraction of sp³-hybridized carbons (Fsp3) is 0.643. The Morgan fingerprint density at radius 1 is 0.895 bits per heavy atom. The first kappa shape index (κ1) is 28.0. The van der Waals surface area contributed by atoms with Gasteiger partial charge in [0.15, 0.2) is 6.10 Å². The standard InChI is InChI=1S/C28H36O10/c1-15-12-21(34-16(2)30)24(36-18(4)32)27(14-29)22(37-25(33)19-10-8-7-9-11-19)13-20-23(35-17(3)31)28(15,27)38-26(20,5)6/h7-11,15,20-24,29H,12-14H2,1-6H3. The van der Waals surface area contributed by atoms with E-state index in [1.807, 2.05) is 20.8 Å². The van der Waals surface area contributed by atoms with Crippen LogP contribution in [0.25, 0.3) is 0 Å². The zero-order valence-corrected chi connectivity index (χ0v) is 22.6. The van der Waals surface area contributed by atoms with Gasteiger partial charge in [0, 0.05) is 26.7 Å². The predicted molar refractivity (Wildman–Crippen MR) is 132 cm³/mol. The highest BCUT2D eigenvalue weighted by atomic mass is 16.6. The van der Waals surface area contributed by atoms with Crippen LogP contribution in [-0.4, -0.2) is 71.2 Å². The van der Waals surface area contributed by atoms with Crippen LogP contribution in [0.1, 0.15) is 64.7 Å². The van der Waals surface area contributed by atoms with Crippen LogP contribution in [0.2, 0.25) is 0 Å². The molecule has 10 heteroatoms. The van der Waals surface area contributed by atoms with Gasteiger partial charge in [0.05, 0.1) is 17.8 Å². The van der Waals surface area contributed by atoms with Gasteiger partial charge in [0.2, 0.25) is 0 Å². The van der Waals surface area contributed by atoms with Crippen LogP contribution in [0.15, 0.2) is 30.3 Å². The third-order valence-electron chi connectivity index (χ3n) is 8.47. The minimum Gasteiger partial charge on any atom is -0.459 e. The highest BCUT2D eigenvalue weighted by Crippen LogP contribution is 2.67.